The summed E-state index contributed by atoms with van der Waals surface area (Å²) in [5, 5.41) is 3.94. The van der Waals surface area contributed by atoms with E-state index in [0.29, 0.717) is 13.0 Å². The van der Waals surface area contributed by atoms with Gasteiger partial charge in [-0.2, -0.15) is 0 Å². The maximum absolute atomic E-state index is 11.4. The summed E-state index contributed by atoms with van der Waals surface area (Å²) in [6.45, 7) is 2.04. The molecule has 2 aromatic rings. The van der Waals surface area contributed by atoms with Gasteiger partial charge < -0.3 is 14.5 Å². The predicted molar refractivity (Wildman–Crippen MR) is 85.9 cm³/mol. The lowest BCUT2D eigenvalue weighted by Crippen LogP contribution is -2.18. The first-order valence-corrected chi connectivity index (χ1v) is 7.91. The van der Waals surface area contributed by atoms with E-state index in [1.807, 2.05) is 12.1 Å². The Hall–Kier alpha value is -2.30. The number of nitrogens with one attached hydrogen (secondary N) is 1. The van der Waals surface area contributed by atoms with Crippen molar-refractivity contribution in [2.45, 2.75) is 39.2 Å². The average Bonchev–Trinajstić information content (AvgIpc) is 2.89. The second-order valence-electron chi connectivity index (χ2n) is 6.13. The van der Waals surface area contributed by atoms with Crippen LogP contribution in [0, 0.1) is 5.92 Å². The lowest BCUT2D eigenvalue weighted by Gasteiger charge is -2.20. The zero-order valence-corrected chi connectivity index (χ0v) is 13.5. The molecule has 1 aromatic heterocycles. The monoisotopic (exact) mass is 315 g/mol. The minimum atomic E-state index is -0.160. The van der Waals surface area contributed by atoms with Crippen LogP contribution in [0.3, 0.4) is 0 Å². The van der Waals surface area contributed by atoms with Gasteiger partial charge >= 0.3 is 5.97 Å². The van der Waals surface area contributed by atoms with Gasteiger partial charge in [-0.25, -0.2) is 0 Å². The van der Waals surface area contributed by atoms with E-state index in [1.54, 1.807) is 0 Å². The third-order valence-corrected chi connectivity index (χ3v) is 4.44. The highest BCUT2D eigenvalue weighted by Gasteiger charge is 2.26. The molecule has 0 saturated carbocycles. The Morgan fingerprint density at radius 1 is 1.39 bits per heavy atom. The second-order valence-corrected chi connectivity index (χ2v) is 6.13. The molecule has 1 atom stereocenters. The summed E-state index contributed by atoms with van der Waals surface area (Å²) >= 11 is 0. The molecule has 1 aliphatic rings. The smallest absolute Gasteiger partial charge is 0.305 e. The maximum atomic E-state index is 11.4. The summed E-state index contributed by atoms with van der Waals surface area (Å²) in [6.07, 6.45) is 3.10. The van der Waals surface area contributed by atoms with Crippen molar-refractivity contribution < 1.29 is 18.7 Å². The van der Waals surface area contributed by atoms with Gasteiger partial charge in [-0.05, 0) is 36.5 Å². The fourth-order valence-corrected chi connectivity index (χ4v) is 3.23. The highest BCUT2D eigenvalue weighted by Crippen LogP contribution is 2.35. The number of esters is 1. The van der Waals surface area contributed by atoms with Gasteiger partial charge in [0.15, 0.2) is 0 Å². The quantitative estimate of drug-likeness (QED) is 0.881. The molecule has 5 heteroatoms. The van der Waals surface area contributed by atoms with Crippen molar-refractivity contribution in [3.05, 3.63) is 35.1 Å². The number of methoxy groups -OCH3 is 1. The zero-order chi connectivity index (χ0) is 16.4. The highest BCUT2D eigenvalue weighted by atomic mass is 16.5. The van der Waals surface area contributed by atoms with E-state index in [4.69, 9.17) is 9.15 Å². The van der Waals surface area contributed by atoms with E-state index < -0.39 is 0 Å². The van der Waals surface area contributed by atoms with Crippen LogP contribution in [0.4, 0.5) is 0 Å². The highest BCUT2D eigenvalue weighted by molar-refractivity contribution is 5.83. The van der Waals surface area contributed by atoms with Gasteiger partial charge in [0.2, 0.25) is 5.91 Å². The van der Waals surface area contributed by atoms with Gasteiger partial charge in [0.25, 0.3) is 0 Å². The molecule has 0 saturated heterocycles. The van der Waals surface area contributed by atoms with Crippen LogP contribution in [0.5, 0.6) is 0 Å². The number of hydrogen-bond acceptors (Lipinski definition) is 4. The van der Waals surface area contributed by atoms with Crippen molar-refractivity contribution in [2.24, 2.45) is 5.92 Å². The summed E-state index contributed by atoms with van der Waals surface area (Å²) in [4.78, 5) is 22.5. The molecule has 1 aliphatic carbocycles. The predicted octanol–water partition coefficient (Wildman–Crippen LogP) is 2.74. The van der Waals surface area contributed by atoms with E-state index in [-0.39, 0.29) is 17.8 Å². The molecule has 0 fully saturated rings. The van der Waals surface area contributed by atoms with Crippen molar-refractivity contribution in [3.8, 4) is 0 Å². The lowest BCUT2D eigenvalue weighted by molar-refractivity contribution is -0.141. The summed E-state index contributed by atoms with van der Waals surface area (Å²) in [5.74, 6) is 1.07. The number of rotatable bonds is 4. The number of carbonyl (C=O) groups is 2. The maximum Gasteiger partial charge on any atom is 0.305 e. The molecule has 1 heterocycles. The molecule has 5 nitrogen and oxygen atoms in total. The van der Waals surface area contributed by atoms with Crippen LogP contribution < -0.4 is 5.32 Å². The van der Waals surface area contributed by atoms with Crippen molar-refractivity contribution in [2.75, 3.05) is 7.11 Å². The molecule has 1 aromatic carbocycles. The minimum Gasteiger partial charge on any atom is -0.469 e. The van der Waals surface area contributed by atoms with E-state index in [1.165, 1.54) is 19.6 Å². The Morgan fingerprint density at radius 3 is 2.96 bits per heavy atom. The minimum absolute atomic E-state index is 0.0371. The van der Waals surface area contributed by atoms with Crippen molar-refractivity contribution in [1.29, 1.82) is 0 Å². The van der Waals surface area contributed by atoms with Gasteiger partial charge in [0, 0.05) is 37.3 Å². The summed E-state index contributed by atoms with van der Waals surface area (Å²) in [5.41, 5.74) is 3.18. The van der Waals surface area contributed by atoms with Crippen molar-refractivity contribution in [1.82, 2.24) is 5.32 Å². The van der Waals surface area contributed by atoms with Gasteiger partial charge in [-0.3, -0.25) is 9.59 Å². The molecule has 0 radical (unpaired) electrons. The first-order valence-electron chi connectivity index (χ1n) is 7.91. The number of benzene rings is 1. The Bertz CT molecular complexity index is 747. The van der Waals surface area contributed by atoms with Gasteiger partial charge in [0.05, 0.1) is 7.11 Å². The van der Waals surface area contributed by atoms with E-state index in [0.717, 1.165) is 41.6 Å². The molecular weight excluding hydrogens is 294 g/mol. The molecule has 23 heavy (non-hydrogen) atoms. The van der Waals surface area contributed by atoms with Crippen LogP contribution in [-0.4, -0.2) is 19.0 Å². The third kappa shape index (κ3) is 3.38. The fourth-order valence-electron chi connectivity index (χ4n) is 3.23. The Labute approximate surface area is 135 Å². The summed E-state index contributed by atoms with van der Waals surface area (Å²) < 4.78 is 10.7. The van der Waals surface area contributed by atoms with E-state index in [9.17, 15) is 9.59 Å². The van der Waals surface area contributed by atoms with Gasteiger partial charge in [-0.1, -0.05) is 6.07 Å². The lowest BCUT2D eigenvalue weighted by atomic mass is 9.85. The number of hydrogen-bond donors (Lipinski definition) is 1. The zero-order valence-electron chi connectivity index (χ0n) is 13.5. The van der Waals surface area contributed by atoms with E-state index in [2.05, 4.69) is 11.4 Å². The molecule has 122 valence electrons. The second kappa shape index (κ2) is 6.44. The van der Waals surface area contributed by atoms with Crippen LogP contribution in [0.25, 0.3) is 11.0 Å². The van der Waals surface area contributed by atoms with Crippen molar-refractivity contribution >= 4 is 22.8 Å². The number of amides is 1. The van der Waals surface area contributed by atoms with Crippen molar-refractivity contribution in [3.63, 3.8) is 0 Å². The summed E-state index contributed by atoms with van der Waals surface area (Å²) in [6, 6.07) is 6.02. The standard InChI is InChI=1S/C18H21NO4/c1-11(20)19-10-13-4-6-16-15(7-13)14-5-3-12(8-17(14)23-16)9-18(21)22-2/h4,6-7,12H,3,5,8-10H2,1-2H3,(H,19,20). The largest absolute Gasteiger partial charge is 0.469 e. The third-order valence-electron chi connectivity index (χ3n) is 4.44. The molecule has 1 N–H and O–H groups in total. The SMILES string of the molecule is COC(=O)CC1CCc2c(oc3ccc(CNC(C)=O)cc23)C1. The molecule has 0 spiro atoms. The number of aryl methyl sites for hydroxylation is 1. The average molecular weight is 315 g/mol. The van der Waals surface area contributed by atoms with E-state index >= 15 is 0 Å². The Morgan fingerprint density at radius 2 is 2.22 bits per heavy atom. The van der Waals surface area contributed by atoms with Crippen LogP contribution in [0.1, 0.15) is 36.7 Å². The molecular formula is C18H21NO4. The molecule has 0 bridgehead atoms. The number of ether oxygens (including phenoxy) is 1. The molecule has 1 amide bonds. The first-order chi connectivity index (χ1) is 11.1. The van der Waals surface area contributed by atoms with Crippen LogP contribution in [0.15, 0.2) is 22.6 Å². The van der Waals surface area contributed by atoms with Crippen LogP contribution in [0.2, 0.25) is 0 Å². The molecule has 1 unspecified atom stereocenters. The first kappa shape index (κ1) is 15.6. The number of fused-ring (bicyclic) bond motifs is 3. The molecule has 0 aliphatic heterocycles. The number of furan rings is 1. The number of carbonyl (C=O) groups excluding carboxylic acids is 2. The van der Waals surface area contributed by atoms with Gasteiger partial charge in [0.1, 0.15) is 11.3 Å². The van der Waals surface area contributed by atoms with Gasteiger partial charge in [-0.15, -0.1) is 0 Å². The Kier molecular flexibility index (Phi) is 4.37. The summed E-state index contributed by atoms with van der Waals surface area (Å²) in [7, 11) is 1.42. The fraction of sp³-hybridized carbons (Fsp3) is 0.444. The normalized spacial score (nSPS) is 16.9. The Balaban J connectivity index is 1.81. The molecule has 3 rings (SSSR count). The topological polar surface area (TPSA) is 68.5 Å². The van der Waals surface area contributed by atoms with Crippen LogP contribution >= 0.6 is 0 Å². The van der Waals surface area contributed by atoms with Crippen LogP contribution in [-0.2, 0) is 33.7 Å².